The molecule has 0 fully saturated rings. The molecule has 0 saturated carbocycles. The second-order valence-corrected chi connectivity index (χ2v) is 5.40. The standard InChI is InChI=1S/C17H13F2N3O3/c18-11-6-5-10(7-12(11)19)20-8-16-21-17(25-22-16)15-9-23-13-3-1-2-4-14(13)24-15/h1-7,15,20H,8-9H2/t15-/m0/s1. The zero-order valence-corrected chi connectivity index (χ0v) is 12.9. The molecule has 0 bridgehead atoms. The van der Waals surface area contributed by atoms with Gasteiger partial charge in [-0.1, -0.05) is 17.3 Å². The molecule has 1 aromatic heterocycles. The first-order valence-electron chi connectivity index (χ1n) is 7.59. The molecule has 1 aliphatic rings. The van der Waals surface area contributed by atoms with E-state index < -0.39 is 17.7 Å². The van der Waals surface area contributed by atoms with Crippen LogP contribution in [0.15, 0.2) is 47.0 Å². The molecule has 25 heavy (non-hydrogen) atoms. The molecule has 6 nitrogen and oxygen atoms in total. The molecule has 0 aliphatic carbocycles. The van der Waals surface area contributed by atoms with E-state index in [2.05, 4.69) is 15.5 Å². The van der Waals surface area contributed by atoms with Crippen molar-refractivity contribution in [1.29, 1.82) is 0 Å². The van der Waals surface area contributed by atoms with Crippen LogP contribution in [-0.4, -0.2) is 16.7 Å². The van der Waals surface area contributed by atoms with Crippen LogP contribution in [0.3, 0.4) is 0 Å². The fourth-order valence-electron chi connectivity index (χ4n) is 2.40. The molecule has 1 aliphatic heterocycles. The SMILES string of the molecule is Fc1ccc(NCc2noc([C@@H]3COc4ccccc4O3)n2)cc1F. The van der Waals surface area contributed by atoms with Crippen molar-refractivity contribution in [2.45, 2.75) is 12.6 Å². The number of anilines is 1. The number of benzene rings is 2. The fourth-order valence-corrected chi connectivity index (χ4v) is 2.40. The van der Waals surface area contributed by atoms with E-state index in [1.54, 1.807) is 6.07 Å². The van der Waals surface area contributed by atoms with E-state index in [-0.39, 0.29) is 19.0 Å². The third-order valence-electron chi connectivity index (χ3n) is 3.64. The van der Waals surface area contributed by atoms with Crippen molar-refractivity contribution in [1.82, 2.24) is 10.1 Å². The van der Waals surface area contributed by atoms with E-state index in [4.69, 9.17) is 14.0 Å². The van der Waals surface area contributed by atoms with Crippen molar-refractivity contribution in [2.24, 2.45) is 0 Å². The van der Waals surface area contributed by atoms with Crippen LogP contribution in [0.4, 0.5) is 14.5 Å². The Labute approximate surface area is 141 Å². The van der Waals surface area contributed by atoms with Crippen LogP contribution in [0.5, 0.6) is 11.5 Å². The van der Waals surface area contributed by atoms with Crippen LogP contribution in [0.1, 0.15) is 17.8 Å². The molecule has 0 spiro atoms. The summed E-state index contributed by atoms with van der Waals surface area (Å²) in [6.45, 7) is 0.452. The maximum absolute atomic E-state index is 13.2. The van der Waals surface area contributed by atoms with Gasteiger partial charge in [-0.15, -0.1) is 0 Å². The molecule has 2 heterocycles. The molecule has 8 heteroatoms. The van der Waals surface area contributed by atoms with Gasteiger partial charge in [0.2, 0.25) is 6.10 Å². The van der Waals surface area contributed by atoms with Crippen molar-refractivity contribution < 1.29 is 22.8 Å². The van der Waals surface area contributed by atoms with Crippen molar-refractivity contribution in [3.63, 3.8) is 0 Å². The largest absolute Gasteiger partial charge is 0.485 e. The lowest BCUT2D eigenvalue weighted by atomic mass is 10.2. The number of fused-ring (bicyclic) bond motifs is 1. The Balaban J connectivity index is 1.41. The lowest BCUT2D eigenvalue weighted by Crippen LogP contribution is -2.21. The number of halogens is 2. The second-order valence-electron chi connectivity index (χ2n) is 5.40. The molecule has 0 saturated heterocycles. The Hall–Kier alpha value is -3.16. The van der Waals surface area contributed by atoms with Gasteiger partial charge in [0.15, 0.2) is 29.0 Å². The van der Waals surface area contributed by atoms with Crippen LogP contribution in [0.25, 0.3) is 0 Å². The summed E-state index contributed by atoms with van der Waals surface area (Å²) in [4.78, 5) is 4.25. The zero-order valence-electron chi connectivity index (χ0n) is 12.9. The minimum Gasteiger partial charge on any atom is -0.485 e. The fraction of sp³-hybridized carbons (Fsp3) is 0.176. The lowest BCUT2D eigenvalue weighted by Gasteiger charge is -2.23. The van der Waals surface area contributed by atoms with E-state index in [0.29, 0.717) is 23.0 Å². The molecule has 2 aromatic carbocycles. The highest BCUT2D eigenvalue weighted by atomic mass is 19.2. The number of hydrogen-bond acceptors (Lipinski definition) is 6. The van der Waals surface area contributed by atoms with Gasteiger partial charge in [-0.2, -0.15) is 4.98 Å². The van der Waals surface area contributed by atoms with Crippen molar-refractivity contribution in [2.75, 3.05) is 11.9 Å². The molecule has 0 radical (unpaired) electrons. The maximum atomic E-state index is 13.2. The zero-order chi connectivity index (χ0) is 17.2. The van der Waals surface area contributed by atoms with Gasteiger partial charge < -0.3 is 19.3 Å². The summed E-state index contributed by atoms with van der Waals surface area (Å²) in [5, 5.41) is 6.75. The Bertz CT molecular complexity index is 900. The van der Waals surface area contributed by atoms with Gasteiger partial charge in [0.25, 0.3) is 5.89 Å². The van der Waals surface area contributed by atoms with Gasteiger partial charge in [-0.05, 0) is 24.3 Å². The molecule has 1 atom stereocenters. The quantitative estimate of drug-likeness (QED) is 0.781. The van der Waals surface area contributed by atoms with Gasteiger partial charge >= 0.3 is 0 Å². The summed E-state index contributed by atoms with van der Waals surface area (Å²) in [6.07, 6.45) is -0.501. The molecule has 3 aromatic rings. The van der Waals surface area contributed by atoms with E-state index in [1.807, 2.05) is 18.2 Å². The summed E-state index contributed by atoms with van der Waals surface area (Å²) in [5.41, 5.74) is 0.413. The average molecular weight is 345 g/mol. The van der Waals surface area contributed by atoms with E-state index in [9.17, 15) is 8.78 Å². The topological polar surface area (TPSA) is 69.4 Å². The number of aromatic nitrogens is 2. The van der Waals surface area contributed by atoms with Crippen molar-refractivity contribution >= 4 is 5.69 Å². The number of nitrogens with zero attached hydrogens (tertiary/aromatic N) is 2. The highest BCUT2D eigenvalue weighted by Gasteiger charge is 2.27. The molecule has 0 unspecified atom stereocenters. The summed E-state index contributed by atoms with van der Waals surface area (Å²) >= 11 is 0. The molecule has 128 valence electrons. The molecule has 0 amide bonds. The Morgan fingerprint density at radius 3 is 2.76 bits per heavy atom. The first-order chi connectivity index (χ1) is 12.2. The van der Waals surface area contributed by atoms with Gasteiger partial charge in [-0.25, -0.2) is 8.78 Å². The highest BCUT2D eigenvalue weighted by molar-refractivity contribution is 5.43. The lowest BCUT2D eigenvalue weighted by molar-refractivity contribution is 0.0665. The number of nitrogens with one attached hydrogen (secondary N) is 1. The van der Waals surface area contributed by atoms with Crippen LogP contribution in [0.2, 0.25) is 0 Å². The number of ether oxygens (including phenoxy) is 2. The van der Waals surface area contributed by atoms with Crippen LogP contribution < -0.4 is 14.8 Å². The Morgan fingerprint density at radius 2 is 1.92 bits per heavy atom. The van der Waals surface area contributed by atoms with Crippen LogP contribution in [-0.2, 0) is 6.54 Å². The highest BCUT2D eigenvalue weighted by Crippen LogP contribution is 2.35. The average Bonchev–Trinajstić information content (AvgIpc) is 3.11. The Kier molecular flexibility index (Phi) is 3.93. The monoisotopic (exact) mass is 345 g/mol. The van der Waals surface area contributed by atoms with Gasteiger partial charge in [0.05, 0.1) is 6.54 Å². The smallest absolute Gasteiger partial charge is 0.271 e. The van der Waals surface area contributed by atoms with Gasteiger partial charge in [0.1, 0.15) is 6.61 Å². The normalized spacial score (nSPS) is 15.8. The first kappa shape index (κ1) is 15.4. The Morgan fingerprint density at radius 1 is 1.08 bits per heavy atom. The first-order valence-corrected chi connectivity index (χ1v) is 7.59. The summed E-state index contributed by atoms with van der Waals surface area (Å²) in [6, 6.07) is 10.8. The minimum atomic E-state index is -0.926. The van der Waals surface area contributed by atoms with E-state index in [1.165, 1.54) is 6.07 Å². The summed E-state index contributed by atoms with van der Waals surface area (Å²) < 4.78 is 42.7. The van der Waals surface area contributed by atoms with Crippen LogP contribution in [0, 0.1) is 11.6 Å². The van der Waals surface area contributed by atoms with Crippen LogP contribution >= 0.6 is 0 Å². The number of para-hydroxylation sites is 2. The van der Waals surface area contributed by atoms with Gasteiger partial charge in [-0.3, -0.25) is 0 Å². The number of rotatable bonds is 4. The minimum absolute atomic E-state index is 0.193. The van der Waals surface area contributed by atoms with E-state index in [0.717, 1.165) is 12.1 Å². The third kappa shape index (κ3) is 3.23. The predicted molar refractivity (Wildman–Crippen MR) is 83.3 cm³/mol. The summed E-state index contributed by atoms with van der Waals surface area (Å²) in [5.74, 6) is 0.100. The molecule has 1 N–H and O–H groups in total. The third-order valence-corrected chi connectivity index (χ3v) is 3.64. The number of hydrogen-bond donors (Lipinski definition) is 1. The summed E-state index contributed by atoms with van der Waals surface area (Å²) in [7, 11) is 0. The van der Waals surface area contributed by atoms with Crippen molar-refractivity contribution in [3.05, 3.63) is 65.8 Å². The van der Waals surface area contributed by atoms with E-state index >= 15 is 0 Å². The van der Waals surface area contributed by atoms with Crippen molar-refractivity contribution in [3.8, 4) is 11.5 Å². The second kappa shape index (κ2) is 6.39. The predicted octanol–water partition coefficient (Wildman–Crippen LogP) is 3.47. The van der Waals surface area contributed by atoms with Gasteiger partial charge in [0, 0.05) is 11.8 Å². The maximum Gasteiger partial charge on any atom is 0.271 e. The molecule has 4 rings (SSSR count). The molecular weight excluding hydrogens is 332 g/mol. The molecular formula is C17H13F2N3O3.